The van der Waals surface area contributed by atoms with Crippen LogP contribution in [0.1, 0.15) is 32.7 Å². The molecule has 0 aliphatic carbocycles. The van der Waals surface area contributed by atoms with Gasteiger partial charge in [0.15, 0.2) is 12.0 Å². The monoisotopic (exact) mass is 241 g/mol. The Morgan fingerprint density at radius 2 is 1.82 bits per heavy atom. The fourth-order valence-electron chi connectivity index (χ4n) is 1.31. The molecule has 0 radical (unpaired) electrons. The van der Waals surface area contributed by atoms with E-state index in [0.29, 0.717) is 5.56 Å². The third kappa shape index (κ3) is 2.77. The van der Waals surface area contributed by atoms with Crippen LogP contribution >= 0.6 is 0 Å². The summed E-state index contributed by atoms with van der Waals surface area (Å²) in [5.74, 6) is -2.77. The molecule has 0 bridgehead atoms. The maximum atomic E-state index is 10.9. The van der Waals surface area contributed by atoms with Crippen molar-refractivity contribution in [2.75, 3.05) is 14.2 Å². The zero-order chi connectivity index (χ0) is 13.0. The van der Waals surface area contributed by atoms with E-state index in [1.165, 1.54) is 20.4 Å². The lowest BCUT2D eigenvalue weighted by Gasteiger charge is -2.14. The topological polar surface area (TPSA) is 106 Å². The molecule has 0 fully saturated rings. The summed E-state index contributed by atoms with van der Waals surface area (Å²) in [5.41, 5.74) is -0.598. The van der Waals surface area contributed by atoms with Gasteiger partial charge in [0.05, 0.1) is 5.56 Å². The van der Waals surface area contributed by atoms with Gasteiger partial charge in [-0.2, -0.15) is 0 Å². The molecule has 0 spiro atoms. The SMILES string of the molecule is COC(OC)c1cnc(C(=O)O)c(C(=O)O)c1. The summed E-state index contributed by atoms with van der Waals surface area (Å²) < 4.78 is 9.84. The molecule has 1 aromatic rings. The summed E-state index contributed by atoms with van der Waals surface area (Å²) in [7, 11) is 2.75. The number of pyridine rings is 1. The van der Waals surface area contributed by atoms with E-state index in [1.54, 1.807) is 0 Å². The molecule has 0 aliphatic rings. The molecule has 0 amide bonds. The van der Waals surface area contributed by atoms with E-state index >= 15 is 0 Å². The number of carbonyl (C=O) groups is 2. The number of nitrogens with zero attached hydrogens (tertiary/aromatic N) is 1. The largest absolute Gasteiger partial charge is 0.478 e. The fourth-order valence-corrected chi connectivity index (χ4v) is 1.31. The summed E-state index contributed by atoms with van der Waals surface area (Å²) in [6.45, 7) is 0. The molecule has 1 rings (SSSR count). The fraction of sp³-hybridized carbons (Fsp3) is 0.300. The molecule has 2 N–H and O–H groups in total. The van der Waals surface area contributed by atoms with Crippen LogP contribution in [0.25, 0.3) is 0 Å². The van der Waals surface area contributed by atoms with Crippen LogP contribution in [0.3, 0.4) is 0 Å². The molecule has 92 valence electrons. The maximum absolute atomic E-state index is 10.9. The van der Waals surface area contributed by atoms with Gasteiger partial charge < -0.3 is 19.7 Å². The smallest absolute Gasteiger partial charge is 0.355 e. The minimum Gasteiger partial charge on any atom is -0.478 e. The molecule has 17 heavy (non-hydrogen) atoms. The van der Waals surface area contributed by atoms with Gasteiger partial charge in [0.2, 0.25) is 0 Å². The number of methoxy groups -OCH3 is 2. The molecular formula is C10H11NO6. The van der Waals surface area contributed by atoms with E-state index in [0.717, 1.165) is 6.07 Å². The van der Waals surface area contributed by atoms with E-state index in [2.05, 4.69) is 4.98 Å². The van der Waals surface area contributed by atoms with Crippen LogP contribution in [0.15, 0.2) is 12.3 Å². The number of aromatic carboxylic acids is 2. The summed E-state index contributed by atoms with van der Waals surface area (Å²) in [6, 6.07) is 1.16. The molecule has 7 heteroatoms. The Balaban J connectivity index is 3.27. The van der Waals surface area contributed by atoms with Crippen LogP contribution in [0.4, 0.5) is 0 Å². The van der Waals surface area contributed by atoms with Crippen LogP contribution in [-0.4, -0.2) is 41.4 Å². The number of carboxylic acid groups (broad SMARTS) is 2. The van der Waals surface area contributed by atoms with Crippen LogP contribution in [0, 0.1) is 0 Å². The van der Waals surface area contributed by atoms with E-state index in [-0.39, 0.29) is 0 Å². The molecule has 1 heterocycles. The second kappa shape index (κ2) is 5.37. The van der Waals surface area contributed by atoms with Crippen molar-refractivity contribution in [1.82, 2.24) is 4.98 Å². The molecule has 0 saturated heterocycles. The zero-order valence-corrected chi connectivity index (χ0v) is 9.21. The van der Waals surface area contributed by atoms with Gasteiger partial charge >= 0.3 is 11.9 Å². The van der Waals surface area contributed by atoms with Gasteiger partial charge in [0.25, 0.3) is 0 Å². The second-order valence-electron chi connectivity index (χ2n) is 3.08. The highest BCUT2D eigenvalue weighted by Gasteiger charge is 2.20. The molecule has 0 aromatic carbocycles. The summed E-state index contributed by atoms with van der Waals surface area (Å²) in [5, 5.41) is 17.7. The first-order valence-electron chi connectivity index (χ1n) is 4.53. The van der Waals surface area contributed by atoms with Crippen LogP contribution in [0.2, 0.25) is 0 Å². The maximum Gasteiger partial charge on any atom is 0.355 e. The quantitative estimate of drug-likeness (QED) is 0.733. The number of ether oxygens (including phenoxy) is 2. The molecule has 0 aliphatic heterocycles. The molecule has 1 aromatic heterocycles. The van der Waals surface area contributed by atoms with Crippen molar-refractivity contribution in [2.45, 2.75) is 6.29 Å². The third-order valence-corrected chi connectivity index (χ3v) is 2.04. The van der Waals surface area contributed by atoms with Gasteiger partial charge in [-0.05, 0) is 6.07 Å². The van der Waals surface area contributed by atoms with E-state index in [1.807, 2.05) is 0 Å². The highest BCUT2D eigenvalue weighted by atomic mass is 16.7. The molecule has 0 unspecified atom stereocenters. The molecular weight excluding hydrogens is 230 g/mol. The second-order valence-corrected chi connectivity index (χ2v) is 3.08. The standard InChI is InChI=1S/C10H11NO6/c1-16-10(17-2)5-3-6(8(12)13)7(9(14)15)11-4-5/h3-4,10H,1-2H3,(H,12,13)(H,14,15). The van der Waals surface area contributed by atoms with Crippen molar-refractivity contribution < 1.29 is 29.3 Å². The predicted octanol–water partition coefficient (Wildman–Crippen LogP) is 0.769. The average molecular weight is 241 g/mol. The van der Waals surface area contributed by atoms with Crippen molar-refractivity contribution in [3.63, 3.8) is 0 Å². The number of hydrogen-bond donors (Lipinski definition) is 2. The highest BCUT2D eigenvalue weighted by Crippen LogP contribution is 2.19. The summed E-state index contributed by atoms with van der Waals surface area (Å²) in [6.07, 6.45) is 0.413. The van der Waals surface area contributed by atoms with Crippen molar-refractivity contribution in [2.24, 2.45) is 0 Å². The Labute approximate surface area is 96.6 Å². The van der Waals surface area contributed by atoms with Gasteiger partial charge in [-0.3, -0.25) is 0 Å². The normalized spacial score (nSPS) is 10.5. The van der Waals surface area contributed by atoms with E-state index in [9.17, 15) is 9.59 Å². The Morgan fingerprint density at radius 1 is 1.24 bits per heavy atom. The van der Waals surface area contributed by atoms with Gasteiger partial charge in [-0.15, -0.1) is 0 Å². The van der Waals surface area contributed by atoms with Gasteiger partial charge in [0, 0.05) is 26.0 Å². The zero-order valence-electron chi connectivity index (χ0n) is 9.21. The number of hydrogen-bond acceptors (Lipinski definition) is 5. The summed E-state index contributed by atoms with van der Waals surface area (Å²) >= 11 is 0. The van der Waals surface area contributed by atoms with Crippen LogP contribution < -0.4 is 0 Å². The number of aromatic nitrogens is 1. The highest BCUT2D eigenvalue weighted by molar-refractivity contribution is 6.00. The Kier molecular flexibility index (Phi) is 4.13. The van der Waals surface area contributed by atoms with Crippen molar-refractivity contribution in [3.8, 4) is 0 Å². The van der Waals surface area contributed by atoms with Crippen LogP contribution in [-0.2, 0) is 9.47 Å². The van der Waals surface area contributed by atoms with Gasteiger partial charge in [-0.25, -0.2) is 14.6 Å². The van der Waals surface area contributed by atoms with Crippen LogP contribution in [0.5, 0.6) is 0 Å². The third-order valence-electron chi connectivity index (χ3n) is 2.04. The van der Waals surface area contributed by atoms with Crippen molar-refractivity contribution in [3.05, 3.63) is 29.1 Å². The predicted molar refractivity (Wildman–Crippen MR) is 54.9 cm³/mol. The minimum absolute atomic E-state index is 0.331. The Morgan fingerprint density at radius 3 is 2.24 bits per heavy atom. The molecule has 0 atom stereocenters. The molecule has 0 saturated carbocycles. The van der Waals surface area contributed by atoms with Crippen molar-refractivity contribution >= 4 is 11.9 Å². The average Bonchev–Trinajstić information content (AvgIpc) is 2.30. The lowest BCUT2D eigenvalue weighted by atomic mass is 10.1. The van der Waals surface area contributed by atoms with Gasteiger partial charge in [-0.1, -0.05) is 0 Å². The first-order chi connectivity index (χ1) is 8.01. The van der Waals surface area contributed by atoms with Crippen molar-refractivity contribution in [1.29, 1.82) is 0 Å². The Bertz CT molecular complexity index is 440. The van der Waals surface area contributed by atoms with E-state index < -0.39 is 29.5 Å². The lowest BCUT2D eigenvalue weighted by molar-refractivity contribution is -0.106. The molecule has 7 nitrogen and oxygen atoms in total. The summed E-state index contributed by atoms with van der Waals surface area (Å²) in [4.78, 5) is 25.2. The Hall–Kier alpha value is -1.99. The van der Waals surface area contributed by atoms with Gasteiger partial charge in [0.1, 0.15) is 0 Å². The minimum atomic E-state index is -1.40. The number of carboxylic acids is 2. The lowest BCUT2D eigenvalue weighted by Crippen LogP contribution is -2.13. The number of rotatable bonds is 5. The first-order valence-corrected chi connectivity index (χ1v) is 4.53. The first kappa shape index (κ1) is 13.1. The van der Waals surface area contributed by atoms with E-state index in [4.69, 9.17) is 19.7 Å².